The minimum atomic E-state index is -0.0942. The van der Waals surface area contributed by atoms with Crippen molar-refractivity contribution in [3.8, 4) is 0 Å². The molecule has 2 rings (SSSR count). The van der Waals surface area contributed by atoms with Crippen molar-refractivity contribution in [2.24, 2.45) is 0 Å². The average molecular weight is 419 g/mol. The summed E-state index contributed by atoms with van der Waals surface area (Å²) in [7, 11) is 2.15. The monoisotopic (exact) mass is 418 g/mol. The molecule has 2 heterocycles. The molecule has 0 saturated carbocycles. The minimum absolute atomic E-state index is 0.00680. The molecule has 0 atom stereocenters. The van der Waals surface area contributed by atoms with Crippen LogP contribution in [0.15, 0.2) is 11.6 Å². The van der Waals surface area contributed by atoms with Crippen LogP contribution in [0.3, 0.4) is 0 Å². The molecule has 30 heavy (non-hydrogen) atoms. The van der Waals surface area contributed by atoms with Crippen LogP contribution in [-0.2, 0) is 9.59 Å². The minimum Gasteiger partial charge on any atom is -0.296 e. The lowest BCUT2D eigenvalue weighted by Gasteiger charge is -2.54. The van der Waals surface area contributed by atoms with Crippen LogP contribution in [0, 0.1) is 0 Å². The van der Waals surface area contributed by atoms with Gasteiger partial charge in [-0.05, 0) is 60.4 Å². The van der Waals surface area contributed by atoms with Crippen LogP contribution in [0.5, 0.6) is 0 Å². The van der Waals surface area contributed by atoms with Gasteiger partial charge in [0.15, 0.2) is 0 Å². The molecule has 0 unspecified atom stereocenters. The standard InChI is InChI=1S/C26H46N2O2/c1-7-8-9-10-11-12-13-14-15-16-17-21-18-23(29)28(24(21)30)22-19-25(2,3)27(6)26(4,5)20-22/h18,22H,7-17,19-20H2,1-6H3. The zero-order valence-corrected chi connectivity index (χ0v) is 20.6. The van der Waals surface area contributed by atoms with Crippen molar-refractivity contribution in [2.45, 2.75) is 135 Å². The molecule has 1 saturated heterocycles. The van der Waals surface area contributed by atoms with Gasteiger partial charge in [0.2, 0.25) is 0 Å². The molecule has 2 aliphatic rings. The number of unbranched alkanes of at least 4 members (excludes halogenated alkanes) is 9. The van der Waals surface area contributed by atoms with Crippen LogP contribution in [0.4, 0.5) is 0 Å². The zero-order valence-electron chi connectivity index (χ0n) is 20.6. The van der Waals surface area contributed by atoms with Gasteiger partial charge < -0.3 is 0 Å². The summed E-state index contributed by atoms with van der Waals surface area (Å²) >= 11 is 0. The molecule has 1 fully saturated rings. The summed E-state index contributed by atoms with van der Waals surface area (Å²) in [5.74, 6) is -0.125. The highest BCUT2D eigenvalue weighted by atomic mass is 16.2. The van der Waals surface area contributed by atoms with Crippen LogP contribution in [0.2, 0.25) is 0 Å². The molecular formula is C26H46N2O2. The molecule has 172 valence electrons. The summed E-state index contributed by atoms with van der Waals surface area (Å²) in [5.41, 5.74) is 0.660. The predicted octanol–water partition coefficient (Wildman–Crippen LogP) is 6.24. The van der Waals surface area contributed by atoms with E-state index in [0.717, 1.165) is 37.7 Å². The highest BCUT2D eigenvalue weighted by molar-refractivity contribution is 6.16. The Labute approximate surface area is 185 Å². The fourth-order valence-electron chi connectivity index (χ4n) is 5.36. The summed E-state index contributed by atoms with van der Waals surface area (Å²) in [5, 5.41) is 0. The maximum Gasteiger partial charge on any atom is 0.257 e. The van der Waals surface area contributed by atoms with Gasteiger partial charge >= 0.3 is 0 Å². The quantitative estimate of drug-likeness (QED) is 0.278. The molecule has 0 radical (unpaired) electrons. The molecule has 0 N–H and O–H groups in total. The maximum absolute atomic E-state index is 13.0. The van der Waals surface area contributed by atoms with Crippen molar-refractivity contribution >= 4 is 11.8 Å². The van der Waals surface area contributed by atoms with Crippen molar-refractivity contribution in [1.82, 2.24) is 9.80 Å². The van der Waals surface area contributed by atoms with Crippen molar-refractivity contribution in [1.29, 1.82) is 0 Å². The second kappa shape index (κ2) is 10.9. The summed E-state index contributed by atoms with van der Waals surface area (Å²) in [6.07, 6.45) is 16.9. The number of imide groups is 1. The van der Waals surface area contributed by atoms with Gasteiger partial charge in [0.05, 0.1) is 0 Å². The predicted molar refractivity (Wildman–Crippen MR) is 125 cm³/mol. The summed E-state index contributed by atoms with van der Waals surface area (Å²) < 4.78 is 0. The van der Waals surface area contributed by atoms with Gasteiger partial charge in [0.25, 0.3) is 11.8 Å². The third kappa shape index (κ3) is 6.42. The van der Waals surface area contributed by atoms with Gasteiger partial charge in [0, 0.05) is 28.8 Å². The topological polar surface area (TPSA) is 40.6 Å². The molecule has 0 aromatic heterocycles. The largest absolute Gasteiger partial charge is 0.296 e. The van der Waals surface area contributed by atoms with E-state index in [2.05, 4.69) is 46.6 Å². The van der Waals surface area contributed by atoms with E-state index in [1.54, 1.807) is 11.0 Å². The van der Waals surface area contributed by atoms with Crippen molar-refractivity contribution in [3.63, 3.8) is 0 Å². The van der Waals surface area contributed by atoms with Crippen LogP contribution in [0.1, 0.15) is 118 Å². The fourth-order valence-corrected chi connectivity index (χ4v) is 5.36. The Morgan fingerprint density at radius 3 is 1.80 bits per heavy atom. The Morgan fingerprint density at radius 2 is 1.30 bits per heavy atom. The van der Waals surface area contributed by atoms with E-state index in [1.807, 2.05) is 0 Å². The molecule has 2 aliphatic heterocycles. The number of carbonyl (C=O) groups excluding carboxylic acids is 2. The van der Waals surface area contributed by atoms with Crippen LogP contribution >= 0.6 is 0 Å². The Kier molecular flexibility index (Phi) is 9.14. The second-order valence-corrected chi connectivity index (χ2v) is 10.9. The highest BCUT2D eigenvalue weighted by Crippen LogP contribution is 2.40. The number of carbonyl (C=O) groups is 2. The molecular weight excluding hydrogens is 372 g/mol. The number of amides is 2. The molecule has 4 heteroatoms. The van der Waals surface area contributed by atoms with Gasteiger partial charge in [0.1, 0.15) is 0 Å². The smallest absolute Gasteiger partial charge is 0.257 e. The molecule has 0 aliphatic carbocycles. The molecule has 4 nitrogen and oxygen atoms in total. The van der Waals surface area contributed by atoms with E-state index in [0.29, 0.717) is 0 Å². The first kappa shape index (κ1) is 25.1. The van der Waals surface area contributed by atoms with Gasteiger partial charge in [-0.2, -0.15) is 0 Å². The van der Waals surface area contributed by atoms with Crippen molar-refractivity contribution in [2.75, 3.05) is 7.05 Å². The Balaban J connectivity index is 1.75. The lowest BCUT2D eigenvalue weighted by Crippen LogP contribution is -2.63. The number of rotatable bonds is 12. The molecule has 0 spiro atoms. The summed E-state index contributed by atoms with van der Waals surface area (Å²) in [4.78, 5) is 29.7. The van der Waals surface area contributed by atoms with Crippen molar-refractivity contribution < 1.29 is 9.59 Å². The number of hydrogen-bond donors (Lipinski definition) is 0. The van der Waals surface area contributed by atoms with E-state index in [9.17, 15) is 9.59 Å². The SMILES string of the molecule is CCCCCCCCCCCCC1=CC(=O)N(C2CC(C)(C)N(C)C(C)(C)C2)C1=O. The average Bonchev–Trinajstić information content (AvgIpc) is 2.94. The van der Waals surface area contributed by atoms with Gasteiger partial charge in [-0.1, -0.05) is 64.7 Å². The Hall–Kier alpha value is -1.16. The van der Waals surface area contributed by atoms with E-state index < -0.39 is 0 Å². The van der Waals surface area contributed by atoms with Crippen LogP contribution in [-0.4, -0.2) is 45.8 Å². The molecule has 0 aromatic carbocycles. The lowest BCUT2D eigenvalue weighted by atomic mass is 9.77. The van der Waals surface area contributed by atoms with Gasteiger partial charge in [-0.3, -0.25) is 19.4 Å². The van der Waals surface area contributed by atoms with Crippen LogP contribution in [0.25, 0.3) is 0 Å². The first-order valence-corrected chi connectivity index (χ1v) is 12.4. The fraction of sp³-hybridized carbons (Fsp3) is 0.846. The number of hydrogen-bond acceptors (Lipinski definition) is 3. The molecule has 0 aromatic rings. The summed E-state index contributed by atoms with van der Waals surface area (Å²) in [6, 6.07) is -0.00680. The van der Waals surface area contributed by atoms with E-state index in [-0.39, 0.29) is 28.9 Å². The Bertz CT molecular complexity index is 603. The van der Waals surface area contributed by atoms with E-state index >= 15 is 0 Å². The molecule has 2 amide bonds. The van der Waals surface area contributed by atoms with Crippen LogP contribution < -0.4 is 0 Å². The molecule has 0 bridgehead atoms. The van der Waals surface area contributed by atoms with E-state index in [1.165, 1.54) is 51.4 Å². The first-order chi connectivity index (χ1) is 14.1. The number of likely N-dealkylation sites (tertiary alicyclic amines) is 1. The maximum atomic E-state index is 13.0. The lowest BCUT2D eigenvalue weighted by molar-refractivity contribution is -0.144. The normalized spacial score (nSPS) is 22.1. The number of piperidine rings is 1. The highest BCUT2D eigenvalue weighted by Gasteiger charge is 2.48. The van der Waals surface area contributed by atoms with Gasteiger partial charge in [-0.15, -0.1) is 0 Å². The van der Waals surface area contributed by atoms with Crippen molar-refractivity contribution in [3.05, 3.63) is 11.6 Å². The zero-order chi connectivity index (χ0) is 22.4. The second-order valence-electron chi connectivity index (χ2n) is 10.9. The third-order valence-electron chi connectivity index (χ3n) is 7.48. The Morgan fingerprint density at radius 1 is 0.833 bits per heavy atom. The first-order valence-electron chi connectivity index (χ1n) is 12.4. The summed E-state index contributed by atoms with van der Waals surface area (Å²) in [6.45, 7) is 11.1. The third-order valence-corrected chi connectivity index (χ3v) is 7.48. The van der Waals surface area contributed by atoms with E-state index in [4.69, 9.17) is 0 Å². The number of nitrogens with zero attached hydrogens (tertiary/aromatic N) is 2. The van der Waals surface area contributed by atoms with Gasteiger partial charge in [-0.25, -0.2) is 0 Å².